The Morgan fingerprint density at radius 2 is 1.31 bits per heavy atom. The Kier molecular flexibility index (Phi) is 4.79. The number of rotatable bonds is 2. The predicted molar refractivity (Wildman–Crippen MR) is 178 cm³/mol. The van der Waals surface area contributed by atoms with Gasteiger partial charge in [-0.3, -0.25) is 0 Å². The van der Waals surface area contributed by atoms with Crippen LogP contribution in [0, 0.1) is 20.8 Å². The molecule has 0 unspecified atom stereocenters. The zero-order valence-electron chi connectivity index (χ0n) is 23.9. The Morgan fingerprint density at radius 1 is 0.548 bits per heavy atom. The van der Waals surface area contributed by atoms with E-state index in [1.807, 2.05) is 6.07 Å². The number of anilines is 3. The van der Waals surface area contributed by atoms with Crippen molar-refractivity contribution in [1.29, 1.82) is 0 Å². The van der Waals surface area contributed by atoms with Crippen molar-refractivity contribution >= 4 is 62.1 Å². The largest absolute Gasteiger partial charge is 0.456 e. The predicted octanol–water partition coefficient (Wildman–Crippen LogP) is 8.46. The van der Waals surface area contributed by atoms with Gasteiger partial charge in [-0.05, 0) is 108 Å². The molecule has 2 nitrogen and oxygen atoms in total. The van der Waals surface area contributed by atoms with E-state index in [0.29, 0.717) is 0 Å². The lowest BCUT2D eigenvalue weighted by molar-refractivity contribution is 0.669. The van der Waals surface area contributed by atoms with Crippen molar-refractivity contribution in [3.8, 4) is 22.3 Å². The molecule has 0 aliphatic carbocycles. The van der Waals surface area contributed by atoms with Gasteiger partial charge in [0.05, 0.1) is 0 Å². The van der Waals surface area contributed by atoms with Crippen molar-refractivity contribution in [2.45, 2.75) is 20.8 Å². The van der Waals surface area contributed by atoms with Gasteiger partial charge in [0.15, 0.2) is 0 Å². The molecule has 0 atom stereocenters. The second-order valence-corrected chi connectivity index (χ2v) is 12.0. The Labute approximate surface area is 245 Å². The van der Waals surface area contributed by atoms with E-state index < -0.39 is 0 Å². The number of hydrogen-bond acceptors (Lipinski definition) is 2. The summed E-state index contributed by atoms with van der Waals surface area (Å²) in [6.45, 7) is 6.79. The molecule has 0 fully saturated rings. The molecule has 0 amide bonds. The van der Waals surface area contributed by atoms with Gasteiger partial charge in [-0.15, -0.1) is 0 Å². The summed E-state index contributed by atoms with van der Waals surface area (Å²) in [6.07, 6.45) is 0. The van der Waals surface area contributed by atoms with E-state index in [2.05, 4.69) is 135 Å². The van der Waals surface area contributed by atoms with E-state index in [-0.39, 0.29) is 6.71 Å². The minimum Gasteiger partial charge on any atom is -0.456 e. The van der Waals surface area contributed by atoms with E-state index in [1.165, 1.54) is 77.8 Å². The van der Waals surface area contributed by atoms with Crippen molar-refractivity contribution < 1.29 is 4.42 Å². The number of fused-ring (bicyclic) bond motifs is 8. The number of aryl methyl sites for hydroxylation is 3. The van der Waals surface area contributed by atoms with Crippen LogP contribution in [0.4, 0.5) is 17.1 Å². The molecular weight excluding hydrogens is 509 g/mol. The van der Waals surface area contributed by atoms with Gasteiger partial charge in [-0.25, -0.2) is 0 Å². The lowest BCUT2D eigenvalue weighted by Gasteiger charge is -2.36. The highest BCUT2D eigenvalue weighted by atomic mass is 16.3. The third-order valence-corrected chi connectivity index (χ3v) is 9.21. The molecule has 198 valence electrons. The SMILES string of the molecule is Cc1cccc(N2c3cc(C)ccc3B3c4ccc(C)cc4-c4cc(-c5cccc6oc7ccccc7c56)cc2c43)c1. The molecule has 7 aromatic rings. The van der Waals surface area contributed by atoms with Crippen LogP contribution >= 0.6 is 0 Å². The maximum atomic E-state index is 6.32. The van der Waals surface area contributed by atoms with E-state index >= 15 is 0 Å². The first-order valence-electron chi connectivity index (χ1n) is 14.7. The molecule has 0 bridgehead atoms. The van der Waals surface area contributed by atoms with Gasteiger partial charge < -0.3 is 9.32 Å². The van der Waals surface area contributed by atoms with Gasteiger partial charge >= 0.3 is 0 Å². The molecule has 42 heavy (non-hydrogen) atoms. The van der Waals surface area contributed by atoms with Crippen molar-refractivity contribution in [2.24, 2.45) is 0 Å². The second-order valence-electron chi connectivity index (χ2n) is 12.0. The summed E-state index contributed by atoms with van der Waals surface area (Å²) in [6, 6.07) is 42.6. The lowest BCUT2D eigenvalue weighted by atomic mass is 9.37. The summed E-state index contributed by atoms with van der Waals surface area (Å²) in [5, 5.41) is 2.33. The van der Waals surface area contributed by atoms with E-state index in [4.69, 9.17) is 4.42 Å². The van der Waals surface area contributed by atoms with Crippen molar-refractivity contribution in [3.63, 3.8) is 0 Å². The molecule has 9 rings (SSSR count). The van der Waals surface area contributed by atoms with Gasteiger partial charge in [-0.1, -0.05) is 83.8 Å². The number of furan rings is 1. The quantitative estimate of drug-likeness (QED) is 0.206. The minimum absolute atomic E-state index is 0.210. The summed E-state index contributed by atoms with van der Waals surface area (Å²) in [7, 11) is 0. The molecule has 1 aromatic heterocycles. The van der Waals surface area contributed by atoms with Gasteiger partial charge in [0.1, 0.15) is 11.2 Å². The molecular formula is C39H28BNO. The Bertz CT molecular complexity index is 2260. The summed E-state index contributed by atoms with van der Waals surface area (Å²) in [5.74, 6) is 0. The Morgan fingerprint density at radius 3 is 2.19 bits per heavy atom. The minimum atomic E-state index is 0.210. The molecule has 0 spiro atoms. The third kappa shape index (κ3) is 3.22. The maximum Gasteiger partial charge on any atom is 0.248 e. The van der Waals surface area contributed by atoms with Crippen LogP contribution in [0.5, 0.6) is 0 Å². The molecule has 3 heterocycles. The van der Waals surface area contributed by atoms with Crippen molar-refractivity contribution in [2.75, 3.05) is 4.90 Å². The van der Waals surface area contributed by atoms with Crippen LogP contribution in [0.25, 0.3) is 44.2 Å². The summed E-state index contributed by atoms with van der Waals surface area (Å²) in [4.78, 5) is 2.50. The fraction of sp³-hybridized carbons (Fsp3) is 0.0769. The summed E-state index contributed by atoms with van der Waals surface area (Å²) in [5.41, 5.74) is 18.6. The monoisotopic (exact) mass is 537 g/mol. The third-order valence-electron chi connectivity index (χ3n) is 9.21. The number of nitrogens with zero attached hydrogens (tertiary/aromatic N) is 1. The van der Waals surface area contributed by atoms with Gasteiger partial charge in [-0.2, -0.15) is 0 Å². The van der Waals surface area contributed by atoms with E-state index in [0.717, 1.165) is 16.6 Å². The topological polar surface area (TPSA) is 16.4 Å². The highest BCUT2D eigenvalue weighted by Crippen LogP contribution is 2.45. The highest BCUT2D eigenvalue weighted by molar-refractivity contribution is 7.01. The fourth-order valence-corrected chi connectivity index (χ4v) is 7.42. The van der Waals surface area contributed by atoms with Gasteiger partial charge in [0, 0.05) is 27.8 Å². The molecule has 0 N–H and O–H groups in total. The first kappa shape index (κ1) is 23.7. The van der Waals surface area contributed by atoms with Crippen LogP contribution in [-0.4, -0.2) is 6.71 Å². The second kappa shape index (κ2) is 8.50. The summed E-state index contributed by atoms with van der Waals surface area (Å²) >= 11 is 0. The van der Waals surface area contributed by atoms with Crippen molar-refractivity contribution in [1.82, 2.24) is 0 Å². The zero-order chi connectivity index (χ0) is 28.1. The van der Waals surface area contributed by atoms with E-state index in [9.17, 15) is 0 Å². The first-order chi connectivity index (χ1) is 20.5. The molecule has 0 radical (unpaired) electrons. The standard InChI is InChI=1S/C39H28BNO/c1-23-8-6-9-27(18-23)41-34-20-25(3)15-17-33(34)40-32-16-14-24(2)19-30(32)31-21-26(22-35(41)39(31)40)28-11-7-13-37-38(28)29-10-4-5-12-36(29)42-37/h4-22H,1-3H3. The summed E-state index contributed by atoms with van der Waals surface area (Å²) < 4.78 is 6.32. The van der Waals surface area contributed by atoms with Crippen LogP contribution in [-0.2, 0) is 0 Å². The van der Waals surface area contributed by atoms with Crippen LogP contribution < -0.4 is 21.3 Å². The number of benzene rings is 6. The molecule has 0 saturated heterocycles. The smallest absolute Gasteiger partial charge is 0.248 e. The molecule has 2 aliphatic rings. The van der Waals surface area contributed by atoms with Crippen molar-refractivity contribution in [3.05, 3.63) is 132 Å². The van der Waals surface area contributed by atoms with Crippen LogP contribution in [0.15, 0.2) is 120 Å². The Balaban J connectivity index is 1.42. The van der Waals surface area contributed by atoms with Crippen LogP contribution in [0.1, 0.15) is 16.7 Å². The first-order valence-corrected chi connectivity index (χ1v) is 14.7. The average Bonchev–Trinajstić information content (AvgIpc) is 3.53. The normalized spacial score (nSPS) is 13.0. The Hall–Kier alpha value is -5.02. The zero-order valence-corrected chi connectivity index (χ0v) is 23.9. The fourth-order valence-electron chi connectivity index (χ4n) is 7.42. The van der Waals surface area contributed by atoms with Crippen LogP contribution in [0.3, 0.4) is 0 Å². The molecule has 3 heteroatoms. The van der Waals surface area contributed by atoms with Gasteiger partial charge in [0.2, 0.25) is 6.71 Å². The number of para-hydroxylation sites is 1. The van der Waals surface area contributed by atoms with E-state index in [1.54, 1.807) is 0 Å². The molecule has 6 aromatic carbocycles. The molecule has 2 aliphatic heterocycles. The number of hydrogen-bond donors (Lipinski definition) is 0. The van der Waals surface area contributed by atoms with Crippen LogP contribution in [0.2, 0.25) is 0 Å². The lowest BCUT2D eigenvalue weighted by Crippen LogP contribution is -2.54. The maximum absolute atomic E-state index is 6.32. The average molecular weight is 537 g/mol. The van der Waals surface area contributed by atoms with Gasteiger partial charge in [0.25, 0.3) is 0 Å². The molecule has 0 saturated carbocycles. The highest BCUT2D eigenvalue weighted by Gasteiger charge is 2.42.